The number of nitrogens with one attached hydrogen (secondary N) is 2. The molecule has 146 valence electrons. The minimum Gasteiger partial charge on any atom is -0.328 e. The number of benzene rings is 3. The fourth-order valence-corrected chi connectivity index (χ4v) is 5.27. The summed E-state index contributed by atoms with van der Waals surface area (Å²) < 4.78 is 28.4. The number of fused-ring (bicyclic) bond motifs is 1. The van der Waals surface area contributed by atoms with Gasteiger partial charge in [0.2, 0.25) is 10.0 Å². The van der Waals surface area contributed by atoms with E-state index in [9.17, 15) is 8.42 Å². The zero-order chi connectivity index (χ0) is 19.6. The third-order valence-corrected chi connectivity index (χ3v) is 7.23. The summed E-state index contributed by atoms with van der Waals surface area (Å²) in [6.45, 7) is 2.50. The Morgan fingerprint density at radius 2 is 1.61 bits per heavy atom. The molecular formula is C22H24ClN2O2S+. The van der Waals surface area contributed by atoms with Crippen molar-refractivity contribution in [3.8, 4) is 0 Å². The Kier molecular flexibility index (Phi) is 5.69. The van der Waals surface area contributed by atoms with Crippen molar-refractivity contribution < 1.29 is 13.3 Å². The molecule has 3 aromatic carbocycles. The first-order valence-electron chi connectivity index (χ1n) is 9.62. The molecule has 1 saturated heterocycles. The highest BCUT2D eigenvalue weighted by atomic mass is 35.5. The van der Waals surface area contributed by atoms with Crippen molar-refractivity contribution in [1.29, 1.82) is 0 Å². The molecule has 0 radical (unpaired) electrons. The predicted molar refractivity (Wildman–Crippen MR) is 113 cm³/mol. The van der Waals surface area contributed by atoms with Gasteiger partial charge in [0.15, 0.2) is 0 Å². The number of sulfonamides is 1. The first-order valence-corrected chi connectivity index (χ1v) is 11.5. The SMILES string of the molecule is O=S(=O)(NC[C@@H](c1cccc2ccccc12)[NH+]1CCCC1)c1ccc(Cl)cc1. The standard InChI is InChI=1S/C22H23ClN2O2S/c23-18-10-12-19(13-11-18)28(26,27)24-16-22(25-14-3-4-15-25)21-9-5-7-17-6-1-2-8-20(17)21/h1-2,5-13,22,24H,3-4,14-16H2/p+1/t22-/m0/s1. The van der Waals surface area contributed by atoms with Crippen LogP contribution in [0.2, 0.25) is 5.02 Å². The van der Waals surface area contributed by atoms with Crippen molar-refractivity contribution in [1.82, 2.24) is 4.72 Å². The fourth-order valence-electron chi connectivity index (χ4n) is 4.10. The summed E-state index contributed by atoms with van der Waals surface area (Å²) in [5.41, 5.74) is 1.20. The Morgan fingerprint density at radius 1 is 0.929 bits per heavy atom. The largest absolute Gasteiger partial charge is 0.328 e. The van der Waals surface area contributed by atoms with E-state index in [4.69, 9.17) is 11.6 Å². The summed E-state index contributed by atoms with van der Waals surface area (Å²) in [5, 5.41) is 2.90. The lowest BCUT2D eigenvalue weighted by Gasteiger charge is -2.26. The topological polar surface area (TPSA) is 50.6 Å². The van der Waals surface area contributed by atoms with Crippen LogP contribution in [-0.4, -0.2) is 28.1 Å². The second kappa shape index (κ2) is 8.21. The lowest BCUT2D eigenvalue weighted by atomic mass is 9.98. The van der Waals surface area contributed by atoms with Gasteiger partial charge < -0.3 is 4.90 Å². The van der Waals surface area contributed by atoms with Gasteiger partial charge in [0.25, 0.3) is 0 Å². The molecule has 2 N–H and O–H groups in total. The van der Waals surface area contributed by atoms with E-state index in [1.54, 1.807) is 24.3 Å². The van der Waals surface area contributed by atoms with Crippen LogP contribution in [0.25, 0.3) is 10.8 Å². The maximum absolute atomic E-state index is 12.8. The van der Waals surface area contributed by atoms with Gasteiger partial charge in [-0.1, -0.05) is 54.1 Å². The highest BCUT2D eigenvalue weighted by molar-refractivity contribution is 7.89. The lowest BCUT2D eigenvalue weighted by molar-refractivity contribution is -0.918. The number of halogens is 1. The van der Waals surface area contributed by atoms with Crippen molar-refractivity contribution in [3.05, 3.63) is 77.3 Å². The number of rotatable bonds is 6. The van der Waals surface area contributed by atoms with Crippen LogP contribution in [0.15, 0.2) is 71.6 Å². The molecule has 1 atom stereocenters. The summed E-state index contributed by atoms with van der Waals surface area (Å²) in [6, 6.07) is 21.0. The molecule has 1 fully saturated rings. The minimum absolute atomic E-state index is 0.0793. The molecule has 4 nitrogen and oxygen atoms in total. The molecular weight excluding hydrogens is 392 g/mol. The van der Waals surface area contributed by atoms with Gasteiger partial charge in [-0.05, 0) is 35.0 Å². The van der Waals surface area contributed by atoms with Gasteiger partial charge in [-0.15, -0.1) is 0 Å². The summed E-state index contributed by atoms with van der Waals surface area (Å²) in [5.74, 6) is 0. The quantitative estimate of drug-likeness (QED) is 0.649. The van der Waals surface area contributed by atoms with Gasteiger partial charge in [-0.2, -0.15) is 0 Å². The van der Waals surface area contributed by atoms with E-state index in [1.807, 2.05) is 12.1 Å². The lowest BCUT2D eigenvalue weighted by Crippen LogP contribution is -3.11. The molecule has 0 spiro atoms. The van der Waals surface area contributed by atoms with Crippen molar-refractivity contribution in [2.45, 2.75) is 23.8 Å². The van der Waals surface area contributed by atoms with Gasteiger partial charge in [-0.3, -0.25) is 0 Å². The molecule has 0 unspecified atom stereocenters. The van der Waals surface area contributed by atoms with Crippen molar-refractivity contribution in [2.24, 2.45) is 0 Å². The first kappa shape index (κ1) is 19.4. The molecule has 6 heteroatoms. The van der Waals surface area contributed by atoms with Crippen molar-refractivity contribution in [2.75, 3.05) is 19.6 Å². The van der Waals surface area contributed by atoms with Gasteiger partial charge >= 0.3 is 0 Å². The second-order valence-corrected chi connectivity index (χ2v) is 9.50. The number of hydrogen-bond donors (Lipinski definition) is 2. The van der Waals surface area contributed by atoms with E-state index in [1.165, 1.54) is 34.1 Å². The molecule has 0 saturated carbocycles. The van der Waals surface area contributed by atoms with Crippen LogP contribution in [0.5, 0.6) is 0 Å². The zero-order valence-electron chi connectivity index (χ0n) is 15.6. The molecule has 28 heavy (non-hydrogen) atoms. The Balaban J connectivity index is 1.65. The average Bonchev–Trinajstić information content (AvgIpc) is 3.23. The Hall–Kier alpha value is -1.92. The van der Waals surface area contributed by atoms with E-state index in [2.05, 4.69) is 35.1 Å². The Labute approximate surface area is 171 Å². The van der Waals surface area contributed by atoms with Crippen LogP contribution in [0.1, 0.15) is 24.4 Å². The summed E-state index contributed by atoms with van der Waals surface area (Å²) in [6.07, 6.45) is 2.36. The molecule has 1 aliphatic heterocycles. The van der Waals surface area contributed by atoms with Crippen molar-refractivity contribution >= 4 is 32.4 Å². The summed E-state index contributed by atoms with van der Waals surface area (Å²) >= 11 is 5.89. The number of quaternary nitrogens is 1. The molecule has 0 aromatic heterocycles. The highest BCUT2D eigenvalue weighted by Crippen LogP contribution is 2.24. The highest BCUT2D eigenvalue weighted by Gasteiger charge is 2.30. The average molecular weight is 416 g/mol. The molecule has 1 aliphatic rings. The molecule has 0 bridgehead atoms. The molecule has 1 heterocycles. The fraction of sp³-hybridized carbons (Fsp3) is 0.273. The first-order chi connectivity index (χ1) is 13.5. The Morgan fingerprint density at radius 3 is 2.36 bits per heavy atom. The Bertz CT molecular complexity index is 1060. The molecule has 0 amide bonds. The summed E-state index contributed by atoms with van der Waals surface area (Å²) in [7, 11) is -3.58. The van der Waals surface area contributed by atoms with Crippen molar-refractivity contribution in [3.63, 3.8) is 0 Å². The molecule has 3 aromatic rings. The van der Waals surface area contributed by atoms with Crippen LogP contribution in [-0.2, 0) is 10.0 Å². The van der Waals surface area contributed by atoms with Crippen LogP contribution >= 0.6 is 11.6 Å². The van der Waals surface area contributed by atoms with E-state index in [0.717, 1.165) is 13.1 Å². The maximum Gasteiger partial charge on any atom is 0.240 e. The van der Waals surface area contributed by atoms with Gasteiger partial charge in [0, 0.05) is 23.4 Å². The maximum atomic E-state index is 12.8. The van der Waals surface area contributed by atoms with Gasteiger partial charge in [0.1, 0.15) is 6.04 Å². The zero-order valence-corrected chi connectivity index (χ0v) is 17.1. The molecule has 0 aliphatic carbocycles. The smallest absolute Gasteiger partial charge is 0.240 e. The number of hydrogen-bond acceptors (Lipinski definition) is 2. The summed E-state index contributed by atoms with van der Waals surface area (Å²) in [4.78, 5) is 1.68. The third kappa shape index (κ3) is 4.08. The third-order valence-electron chi connectivity index (χ3n) is 5.54. The second-order valence-electron chi connectivity index (χ2n) is 7.29. The van der Waals surface area contributed by atoms with Crippen LogP contribution in [0, 0.1) is 0 Å². The normalized spacial score (nSPS) is 16.5. The van der Waals surface area contributed by atoms with E-state index in [-0.39, 0.29) is 10.9 Å². The van der Waals surface area contributed by atoms with Crippen LogP contribution in [0.3, 0.4) is 0 Å². The van der Waals surface area contributed by atoms with Gasteiger partial charge in [-0.25, -0.2) is 13.1 Å². The monoisotopic (exact) mass is 415 g/mol. The minimum atomic E-state index is -3.58. The predicted octanol–water partition coefficient (Wildman–Crippen LogP) is 3.19. The van der Waals surface area contributed by atoms with E-state index < -0.39 is 10.0 Å². The van der Waals surface area contributed by atoms with Crippen LogP contribution < -0.4 is 9.62 Å². The van der Waals surface area contributed by atoms with Gasteiger partial charge in [0.05, 0.1) is 24.5 Å². The van der Waals surface area contributed by atoms with E-state index >= 15 is 0 Å². The van der Waals surface area contributed by atoms with Crippen LogP contribution in [0.4, 0.5) is 0 Å². The van der Waals surface area contributed by atoms with E-state index in [0.29, 0.717) is 11.6 Å². The molecule has 4 rings (SSSR count). The number of likely N-dealkylation sites (tertiary alicyclic amines) is 1.